The lowest BCUT2D eigenvalue weighted by Crippen LogP contribution is -2.23. The van der Waals surface area contributed by atoms with Gasteiger partial charge in [-0.25, -0.2) is 9.69 Å². The minimum absolute atomic E-state index is 0.0321. The van der Waals surface area contributed by atoms with Crippen LogP contribution in [0.2, 0.25) is 0 Å². The van der Waals surface area contributed by atoms with E-state index in [9.17, 15) is 15.0 Å². The SMILES string of the molecule is O=C(O)N(c1ccccc1)c1cccc(O)c1. The van der Waals surface area contributed by atoms with E-state index in [4.69, 9.17) is 0 Å². The molecular formula is C13H11NO3. The molecule has 0 aromatic heterocycles. The van der Waals surface area contributed by atoms with Crippen LogP contribution in [0.3, 0.4) is 0 Å². The van der Waals surface area contributed by atoms with Gasteiger partial charge in [0.2, 0.25) is 0 Å². The number of aromatic hydroxyl groups is 1. The van der Waals surface area contributed by atoms with Gasteiger partial charge in [-0.3, -0.25) is 0 Å². The van der Waals surface area contributed by atoms with E-state index in [1.165, 1.54) is 12.1 Å². The van der Waals surface area contributed by atoms with Gasteiger partial charge in [-0.1, -0.05) is 24.3 Å². The van der Waals surface area contributed by atoms with Crippen molar-refractivity contribution in [1.82, 2.24) is 0 Å². The van der Waals surface area contributed by atoms with E-state index in [1.807, 2.05) is 6.07 Å². The van der Waals surface area contributed by atoms with Gasteiger partial charge in [-0.05, 0) is 24.3 Å². The predicted molar refractivity (Wildman–Crippen MR) is 64.7 cm³/mol. The molecule has 4 nitrogen and oxygen atoms in total. The van der Waals surface area contributed by atoms with Gasteiger partial charge in [0.1, 0.15) is 5.75 Å². The van der Waals surface area contributed by atoms with Crippen molar-refractivity contribution in [2.45, 2.75) is 0 Å². The molecule has 17 heavy (non-hydrogen) atoms. The lowest BCUT2D eigenvalue weighted by atomic mass is 10.2. The molecule has 0 radical (unpaired) electrons. The Kier molecular flexibility index (Phi) is 2.96. The van der Waals surface area contributed by atoms with Crippen molar-refractivity contribution < 1.29 is 15.0 Å². The summed E-state index contributed by atoms with van der Waals surface area (Å²) in [6, 6.07) is 14.8. The predicted octanol–water partition coefficient (Wildman–Crippen LogP) is 3.21. The van der Waals surface area contributed by atoms with Gasteiger partial charge in [0.15, 0.2) is 0 Å². The fraction of sp³-hybridized carbons (Fsp3) is 0. The first kappa shape index (κ1) is 11.0. The Morgan fingerprint density at radius 1 is 0.941 bits per heavy atom. The minimum atomic E-state index is -1.10. The van der Waals surface area contributed by atoms with Crippen molar-refractivity contribution in [2.24, 2.45) is 0 Å². The normalized spacial score (nSPS) is 9.88. The lowest BCUT2D eigenvalue weighted by molar-refractivity contribution is 0.205. The number of benzene rings is 2. The zero-order chi connectivity index (χ0) is 12.3. The number of rotatable bonds is 2. The van der Waals surface area contributed by atoms with Gasteiger partial charge in [0.05, 0.1) is 11.4 Å². The van der Waals surface area contributed by atoms with E-state index in [2.05, 4.69) is 0 Å². The number of amides is 1. The van der Waals surface area contributed by atoms with Gasteiger partial charge in [-0.15, -0.1) is 0 Å². The number of carboxylic acid groups (broad SMARTS) is 1. The number of phenolic OH excluding ortho intramolecular Hbond substituents is 1. The van der Waals surface area contributed by atoms with Crippen molar-refractivity contribution in [2.75, 3.05) is 4.90 Å². The van der Waals surface area contributed by atoms with Gasteiger partial charge in [0, 0.05) is 6.07 Å². The van der Waals surface area contributed by atoms with Crippen LogP contribution in [-0.2, 0) is 0 Å². The molecular weight excluding hydrogens is 218 g/mol. The van der Waals surface area contributed by atoms with Crippen LogP contribution in [0, 0.1) is 0 Å². The van der Waals surface area contributed by atoms with E-state index in [-0.39, 0.29) is 5.75 Å². The Morgan fingerprint density at radius 3 is 2.18 bits per heavy atom. The number of nitrogens with zero attached hydrogens (tertiary/aromatic N) is 1. The summed E-state index contributed by atoms with van der Waals surface area (Å²) in [4.78, 5) is 12.4. The number of anilines is 2. The van der Waals surface area contributed by atoms with Gasteiger partial charge in [-0.2, -0.15) is 0 Å². The lowest BCUT2D eigenvalue weighted by Gasteiger charge is -2.19. The molecule has 86 valence electrons. The molecule has 0 atom stereocenters. The zero-order valence-corrected chi connectivity index (χ0v) is 8.95. The summed E-state index contributed by atoms with van der Waals surface area (Å²) in [6.45, 7) is 0. The van der Waals surface area contributed by atoms with Crippen molar-refractivity contribution in [3.8, 4) is 5.75 Å². The molecule has 0 fully saturated rings. The van der Waals surface area contributed by atoms with Crippen molar-refractivity contribution in [3.05, 3.63) is 54.6 Å². The quantitative estimate of drug-likeness (QED) is 0.831. The maximum absolute atomic E-state index is 11.3. The third kappa shape index (κ3) is 2.36. The fourth-order valence-corrected chi connectivity index (χ4v) is 1.58. The highest BCUT2D eigenvalue weighted by atomic mass is 16.4. The topological polar surface area (TPSA) is 60.8 Å². The van der Waals surface area contributed by atoms with Crippen LogP contribution in [0.25, 0.3) is 0 Å². The summed E-state index contributed by atoms with van der Waals surface area (Å²) in [5.74, 6) is 0.0321. The second-order valence-electron chi connectivity index (χ2n) is 3.47. The molecule has 0 saturated heterocycles. The van der Waals surface area contributed by atoms with Crippen LogP contribution < -0.4 is 4.90 Å². The summed E-state index contributed by atoms with van der Waals surface area (Å²) < 4.78 is 0. The molecule has 1 amide bonds. The number of phenols is 1. The van der Waals surface area contributed by atoms with E-state index in [0.717, 1.165) is 4.90 Å². The molecule has 2 aromatic carbocycles. The second-order valence-corrected chi connectivity index (χ2v) is 3.47. The fourth-order valence-electron chi connectivity index (χ4n) is 1.58. The molecule has 0 aliphatic carbocycles. The van der Waals surface area contributed by atoms with E-state index in [0.29, 0.717) is 11.4 Å². The monoisotopic (exact) mass is 229 g/mol. The van der Waals surface area contributed by atoms with Crippen molar-refractivity contribution >= 4 is 17.5 Å². The Morgan fingerprint density at radius 2 is 1.59 bits per heavy atom. The van der Waals surface area contributed by atoms with Crippen LogP contribution in [-0.4, -0.2) is 16.3 Å². The molecule has 0 aliphatic heterocycles. The standard InChI is InChI=1S/C13H11NO3/c15-12-8-4-7-11(9-12)14(13(16)17)10-5-2-1-3-6-10/h1-9,15H,(H,16,17). The summed E-state index contributed by atoms with van der Waals surface area (Å²) in [5, 5.41) is 18.6. The molecule has 0 unspecified atom stereocenters. The number of hydrogen-bond donors (Lipinski definition) is 2. The van der Waals surface area contributed by atoms with Crippen LogP contribution in [0.5, 0.6) is 5.75 Å². The Hall–Kier alpha value is -2.49. The van der Waals surface area contributed by atoms with E-state index < -0.39 is 6.09 Å². The first-order valence-corrected chi connectivity index (χ1v) is 5.05. The Labute approximate surface area is 98.4 Å². The highest BCUT2D eigenvalue weighted by Gasteiger charge is 2.16. The molecule has 2 N–H and O–H groups in total. The summed E-state index contributed by atoms with van der Waals surface area (Å²) in [7, 11) is 0. The maximum Gasteiger partial charge on any atom is 0.416 e. The zero-order valence-electron chi connectivity index (χ0n) is 8.95. The maximum atomic E-state index is 11.3. The molecule has 2 aromatic rings. The number of carbonyl (C=O) groups is 1. The number of hydrogen-bond acceptors (Lipinski definition) is 2. The molecule has 2 rings (SSSR count). The van der Waals surface area contributed by atoms with Gasteiger partial charge >= 0.3 is 6.09 Å². The van der Waals surface area contributed by atoms with E-state index >= 15 is 0 Å². The highest BCUT2D eigenvalue weighted by molar-refractivity contribution is 5.94. The van der Waals surface area contributed by atoms with Gasteiger partial charge in [0.25, 0.3) is 0 Å². The van der Waals surface area contributed by atoms with Crippen molar-refractivity contribution in [1.29, 1.82) is 0 Å². The first-order valence-electron chi connectivity index (χ1n) is 5.05. The summed E-state index contributed by atoms with van der Waals surface area (Å²) in [5.41, 5.74) is 0.939. The average molecular weight is 229 g/mol. The Bertz CT molecular complexity index is 525. The average Bonchev–Trinajstić information content (AvgIpc) is 2.30. The van der Waals surface area contributed by atoms with Crippen LogP contribution in [0.1, 0.15) is 0 Å². The molecule has 0 spiro atoms. The number of para-hydroxylation sites is 1. The smallest absolute Gasteiger partial charge is 0.416 e. The van der Waals surface area contributed by atoms with Crippen LogP contribution in [0.4, 0.5) is 16.2 Å². The van der Waals surface area contributed by atoms with E-state index in [1.54, 1.807) is 36.4 Å². The summed E-state index contributed by atoms with van der Waals surface area (Å²) in [6.07, 6.45) is -1.10. The van der Waals surface area contributed by atoms with Crippen LogP contribution in [0.15, 0.2) is 54.6 Å². The highest BCUT2D eigenvalue weighted by Crippen LogP contribution is 2.27. The molecule has 4 heteroatoms. The van der Waals surface area contributed by atoms with Gasteiger partial charge < -0.3 is 10.2 Å². The largest absolute Gasteiger partial charge is 0.508 e. The minimum Gasteiger partial charge on any atom is -0.508 e. The molecule has 0 heterocycles. The molecule has 0 bridgehead atoms. The first-order chi connectivity index (χ1) is 8.18. The molecule has 0 aliphatic rings. The van der Waals surface area contributed by atoms with Crippen LogP contribution >= 0.6 is 0 Å². The summed E-state index contributed by atoms with van der Waals surface area (Å²) >= 11 is 0. The molecule has 0 saturated carbocycles. The van der Waals surface area contributed by atoms with Crippen molar-refractivity contribution in [3.63, 3.8) is 0 Å². The third-order valence-electron chi connectivity index (χ3n) is 2.29. The third-order valence-corrected chi connectivity index (χ3v) is 2.29. The second kappa shape index (κ2) is 4.57. The Balaban J connectivity index is 2.47.